The van der Waals surface area contributed by atoms with Crippen molar-refractivity contribution >= 4 is 8.80 Å². The van der Waals surface area contributed by atoms with Gasteiger partial charge in [-0.25, -0.2) is 0 Å². The Morgan fingerprint density at radius 1 is 1.25 bits per heavy atom. The van der Waals surface area contributed by atoms with Gasteiger partial charge in [-0.3, -0.25) is 0 Å². The van der Waals surface area contributed by atoms with E-state index in [1.54, 1.807) is 14.2 Å². The van der Waals surface area contributed by atoms with Gasteiger partial charge >= 0.3 is 8.80 Å². The maximum atomic E-state index is 5.31. The number of hydrogen-bond acceptors (Lipinski definition) is 4. The highest BCUT2D eigenvalue weighted by Gasteiger charge is 2.39. The number of nitrogens with two attached hydrogens (primary N) is 1. The van der Waals surface area contributed by atoms with Gasteiger partial charge in [0.2, 0.25) is 0 Å². The fraction of sp³-hybridized carbons (Fsp3) is 1.00. The molecule has 0 unspecified atom stereocenters. The van der Waals surface area contributed by atoms with Crippen LogP contribution in [0.2, 0.25) is 6.04 Å². The molecule has 0 aromatic heterocycles. The Labute approximate surface area is 75.4 Å². The summed E-state index contributed by atoms with van der Waals surface area (Å²) < 4.78 is 15.8. The van der Waals surface area contributed by atoms with E-state index in [0.717, 1.165) is 6.04 Å². The van der Waals surface area contributed by atoms with E-state index < -0.39 is 8.80 Å². The second-order valence-electron chi connectivity index (χ2n) is 3.00. The molecule has 0 rings (SSSR count). The fourth-order valence-corrected chi connectivity index (χ4v) is 3.16. The molecule has 0 aromatic rings. The molecule has 0 aliphatic rings. The average molecular weight is 193 g/mol. The minimum absolute atomic E-state index is 0.153. The van der Waals surface area contributed by atoms with Crippen LogP contribution in [0.25, 0.3) is 0 Å². The zero-order valence-electron chi connectivity index (χ0n) is 8.29. The number of hydrogen-bond donors (Lipinski definition) is 1. The van der Waals surface area contributed by atoms with Crippen molar-refractivity contribution in [3.63, 3.8) is 0 Å². The van der Waals surface area contributed by atoms with Crippen molar-refractivity contribution in [1.29, 1.82) is 0 Å². The van der Waals surface area contributed by atoms with Gasteiger partial charge in [-0.05, 0) is 5.92 Å². The van der Waals surface area contributed by atoms with E-state index in [1.165, 1.54) is 0 Å². The first kappa shape index (κ1) is 12.1. The predicted molar refractivity (Wildman–Crippen MR) is 49.6 cm³/mol. The summed E-state index contributed by atoms with van der Waals surface area (Å²) in [5.41, 5.74) is 5.29. The van der Waals surface area contributed by atoms with Crippen molar-refractivity contribution in [3.05, 3.63) is 0 Å². The molecule has 0 saturated carbocycles. The van der Waals surface area contributed by atoms with Crippen LogP contribution in [0.15, 0.2) is 0 Å². The Balaban J connectivity index is 4.13. The van der Waals surface area contributed by atoms with Crippen molar-refractivity contribution in [1.82, 2.24) is 0 Å². The normalized spacial score (nSPS) is 12.5. The first-order valence-electron chi connectivity index (χ1n) is 4.04. The lowest BCUT2D eigenvalue weighted by molar-refractivity contribution is 0.0975. The Bertz CT molecular complexity index is 117. The molecule has 0 aromatic carbocycles. The molecule has 74 valence electrons. The highest BCUT2D eigenvalue weighted by atomic mass is 28.4. The van der Waals surface area contributed by atoms with Gasteiger partial charge in [-0.2, -0.15) is 0 Å². The molecule has 0 spiro atoms. The quantitative estimate of drug-likeness (QED) is 0.501. The standard InChI is InChI=1S/C7H19NO3Si/c1-7(2)5-12(9-3,10-4)11-6-8/h7H,5-6,8H2,1-4H3. The molecule has 0 atom stereocenters. The van der Waals surface area contributed by atoms with Gasteiger partial charge in [-0.15, -0.1) is 0 Å². The van der Waals surface area contributed by atoms with E-state index in [2.05, 4.69) is 13.8 Å². The van der Waals surface area contributed by atoms with Crippen LogP contribution in [0.1, 0.15) is 13.8 Å². The van der Waals surface area contributed by atoms with Crippen LogP contribution in [0.5, 0.6) is 0 Å². The molecule has 4 nitrogen and oxygen atoms in total. The van der Waals surface area contributed by atoms with Gasteiger partial charge in [0, 0.05) is 20.3 Å². The molecule has 2 N–H and O–H groups in total. The Hall–Kier alpha value is 0.0569. The second kappa shape index (κ2) is 5.66. The van der Waals surface area contributed by atoms with Crippen LogP contribution < -0.4 is 5.73 Å². The summed E-state index contributed by atoms with van der Waals surface area (Å²) in [5.74, 6) is 0.489. The minimum Gasteiger partial charge on any atom is -0.377 e. The molecule has 0 aliphatic heterocycles. The molecular formula is C7H19NO3Si. The van der Waals surface area contributed by atoms with Crippen LogP contribution in [0, 0.1) is 5.92 Å². The summed E-state index contributed by atoms with van der Waals surface area (Å²) in [6.45, 7) is 4.35. The second-order valence-corrected chi connectivity index (χ2v) is 5.88. The molecule has 0 radical (unpaired) electrons. The molecular weight excluding hydrogens is 174 g/mol. The summed E-state index contributed by atoms with van der Waals surface area (Å²) in [7, 11) is 0.778. The summed E-state index contributed by atoms with van der Waals surface area (Å²) in [6, 6.07) is 0.803. The Kier molecular flexibility index (Phi) is 5.69. The first-order valence-corrected chi connectivity index (χ1v) is 5.97. The summed E-state index contributed by atoms with van der Waals surface area (Å²) in [5, 5.41) is 0. The largest absolute Gasteiger partial charge is 0.501 e. The smallest absolute Gasteiger partial charge is 0.377 e. The van der Waals surface area contributed by atoms with Crippen molar-refractivity contribution in [3.8, 4) is 0 Å². The third-order valence-corrected chi connectivity index (χ3v) is 4.75. The average Bonchev–Trinajstić information content (AvgIpc) is 2.03. The molecule has 5 heteroatoms. The fourth-order valence-electron chi connectivity index (χ4n) is 1.05. The third kappa shape index (κ3) is 3.64. The van der Waals surface area contributed by atoms with E-state index in [-0.39, 0.29) is 6.73 Å². The lowest BCUT2D eigenvalue weighted by Crippen LogP contribution is -2.46. The molecule has 0 saturated heterocycles. The molecule has 0 aliphatic carbocycles. The van der Waals surface area contributed by atoms with E-state index in [4.69, 9.17) is 19.0 Å². The van der Waals surface area contributed by atoms with E-state index >= 15 is 0 Å². The minimum atomic E-state index is -2.43. The van der Waals surface area contributed by atoms with Crippen LogP contribution in [0.4, 0.5) is 0 Å². The van der Waals surface area contributed by atoms with Gasteiger partial charge in [0.25, 0.3) is 0 Å². The van der Waals surface area contributed by atoms with Crippen molar-refractivity contribution in [2.24, 2.45) is 11.7 Å². The SMILES string of the molecule is CO[Si](CC(C)C)(OC)OCN. The van der Waals surface area contributed by atoms with Crippen molar-refractivity contribution in [2.45, 2.75) is 19.9 Å². The maximum Gasteiger partial charge on any atom is 0.501 e. The lowest BCUT2D eigenvalue weighted by atomic mass is 10.3. The Morgan fingerprint density at radius 2 is 1.75 bits per heavy atom. The van der Waals surface area contributed by atoms with Crippen LogP contribution in [0.3, 0.4) is 0 Å². The summed E-state index contributed by atoms with van der Waals surface area (Å²) in [4.78, 5) is 0. The monoisotopic (exact) mass is 193 g/mol. The molecule has 12 heavy (non-hydrogen) atoms. The van der Waals surface area contributed by atoms with Gasteiger partial charge in [-0.1, -0.05) is 13.8 Å². The van der Waals surface area contributed by atoms with Crippen LogP contribution >= 0.6 is 0 Å². The first-order chi connectivity index (χ1) is 5.60. The molecule has 0 heterocycles. The van der Waals surface area contributed by atoms with Gasteiger partial charge in [0.05, 0.1) is 6.73 Å². The Morgan fingerprint density at radius 3 is 2.00 bits per heavy atom. The van der Waals surface area contributed by atoms with Crippen molar-refractivity contribution < 1.29 is 13.3 Å². The van der Waals surface area contributed by atoms with E-state index in [1.807, 2.05) is 0 Å². The highest BCUT2D eigenvalue weighted by Crippen LogP contribution is 2.18. The summed E-state index contributed by atoms with van der Waals surface area (Å²) in [6.07, 6.45) is 0. The topological polar surface area (TPSA) is 53.7 Å². The van der Waals surface area contributed by atoms with Crippen molar-refractivity contribution in [2.75, 3.05) is 21.0 Å². The van der Waals surface area contributed by atoms with Gasteiger partial charge < -0.3 is 19.0 Å². The maximum absolute atomic E-state index is 5.31. The zero-order valence-corrected chi connectivity index (χ0v) is 9.29. The lowest BCUT2D eigenvalue weighted by Gasteiger charge is -2.26. The molecule has 0 fully saturated rings. The van der Waals surface area contributed by atoms with Crippen LogP contribution in [-0.2, 0) is 13.3 Å². The van der Waals surface area contributed by atoms with Gasteiger partial charge in [0.1, 0.15) is 0 Å². The zero-order chi connectivity index (χ0) is 9.61. The third-order valence-electron chi connectivity index (χ3n) is 1.58. The molecule has 0 bridgehead atoms. The summed E-state index contributed by atoms with van der Waals surface area (Å²) >= 11 is 0. The van der Waals surface area contributed by atoms with E-state index in [0.29, 0.717) is 5.92 Å². The van der Waals surface area contributed by atoms with E-state index in [9.17, 15) is 0 Å². The number of rotatable bonds is 6. The molecule has 0 amide bonds. The highest BCUT2D eigenvalue weighted by molar-refractivity contribution is 6.60. The van der Waals surface area contributed by atoms with Crippen LogP contribution in [-0.4, -0.2) is 29.8 Å². The van der Waals surface area contributed by atoms with Gasteiger partial charge in [0.15, 0.2) is 0 Å². The predicted octanol–water partition coefficient (Wildman–Crippen LogP) is 0.807.